The summed E-state index contributed by atoms with van der Waals surface area (Å²) in [5.74, 6) is 0.571. The van der Waals surface area contributed by atoms with Crippen molar-refractivity contribution in [3.8, 4) is 0 Å². The molecule has 110 valence electrons. The summed E-state index contributed by atoms with van der Waals surface area (Å²) < 4.78 is 0. The van der Waals surface area contributed by atoms with Crippen molar-refractivity contribution in [2.75, 3.05) is 18.4 Å². The number of amides is 1. The van der Waals surface area contributed by atoms with E-state index in [0.717, 1.165) is 19.5 Å². The molecule has 0 radical (unpaired) electrons. The van der Waals surface area contributed by atoms with Crippen LogP contribution in [0.15, 0.2) is 12.1 Å². The predicted molar refractivity (Wildman–Crippen MR) is 82.3 cm³/mol. The second-order valence-electron chi connectivity index (χ2n) is 5.84. The van der Waals surface area contributed by atoms with Gasteiger partial charge >= 0.3 is 0 Å². The molecule has 5 heteroatoms. The first-order valence-electron chi connectivity index (χ1n) is 7.22. The molecule has 0 aromatic carbocycles. The summed E-state index contributed by atoms with van der Waals surface area (Å²) in [5.41, 5.74) is 0.835. The number of nitrogens with one attached hydrogen (secondary N) is 2. The first-order valence-corrected chi connectivity index (χ1v) is 7.60. The topological polar surface area (TPSA) is 54.0 Å². The van der Waals surface area contributed by atoms with Crippen molar-refractivity contribution >= 4 is 23.3 Å². The summed E-state index contributed by atoms with van der Waals surface area (Å²) in [5, 5.41) is 6.49. The van der Waals surface area contributed by atoms with Gasteiger partial charge in [0.25, 0.3) is 5.91 Å². The number of hydrogen-bond acceptors (Lipinski definition) is 3. The van der Waals surface area contributed by atoms with Crippen LogP contribution in [0.3, 0.4) is 0 Å². The lowest BCUT2D eigenvalue weighted by molar-refractivity contribution is 0.0890. The lowest BCUT2D eigenvalue weighted by atomic mass is 9.70. The third kappa shape index (κ3) is 3.85. The van der Waals surface area contributed by atoms with E-state index >= 15 is 0 Å². The van der Waals surface area contributed by atoms with Crippen LogP contribution in [0.2, 0.25) is 5.15 Å². The van der Waals surface area contributed by atoms with Crippen LogP contribution in [0.25, 0.3) is 0 Å². The molecule has 20 heavy (non-hydrogen) atoms. The van der Waals surface area contributed by atoms with E-state index in [-0.39, 0.29) is 11.3 Å². The van der Waals surface area contributed by atoms with Gasteiger partial charge in [0.1, 0.15) is 11.0 Å². The molecule has 0 bridgehead atoms. The molecule has 0 spiro atoms. The lowest BCUT2D eigenvalue weighted by Crippen LogP contribution is -2.39. The van der Waals surface area contributed by atoms with Crippen LogP contribution < -0.4 is 10.6 Å². The number of carbonyl (C=O) groups is 1. The molecule has 1 aromatic rings. The highest BCUT2D eigenvalue weighted by Crippen LogP contribution is 2.39. The Kier molecular flexibility index (Phi) is 4.86. The van der Waals surface area contributed by atoms with Crippen molar-refractivity contribution in [3.05, 3.63) is 22.8 Å². The molecule has 2 rings (SSSR count). The second-order valence-corrected chi connectivity index (χ2v) is 6.22. The van der Waals surface area contributed by atoms with Crippen molar-refractivity contribution in [3.63, 3.8) is 0 Å². The fraction of sp³-hybridized carbons (Fsp3) is 0.600. The Morgan fingerprint density at radius 2 is 2.20 bits per heavy atom. The number of aromatic nitrogens is 1. The van der Waals surface area contributed by atoms with Crippen LogP contribution in [-0.4, -0.2) is 24.0 Å². The number of hydrogen-bond donors (Lipinski definition) is 2. The molecule has 1 fully saturated rings. The molecule has 1 aliphatic rings. The Morgan fingerprint density at radius 3 is 2.80 bits per heavy atom. The minimum Gasteiger partial charge on any atom is -0.370 e. The molecule has 2 N–H and O–H groups in total. The van der Waals surface area contributed by atoms with E-state index in [2.05, 4.69) is 29.5 Å². The standard InChI is InChI=1S/C15H22ClN3O/c1-3-7-17-13-9-11(8-12(16)19-13)14(20)18-10-15(2)5-4-6-15/h8-9H,3-7,10H2,1-2H3,(H,17,19)(H,18,20). The van der Waals surface area contributed by atoms with Gasteiger partial charge in [-0.05, 0) is 36.8 Å². The number of anilines is 1. The average molecular weight is 296 g/mol. The van der Waals surface area contributed by atoms with Gasteiger partial charge in [0.15, 0.2) is 0 Å². The van der Waals surface area contributed by atoms with E-state index in [4.69, 9.17) is 11.6 Å². The number of halogens is 1. The number of rotatable bonds is 6. The third-order valence-electron chi connectivity index (χ3n) is 3.85. The van der Waals surface area contributed by atoms with Gasteiger partial charge in [0.05, 0.1) is 0 Å². The second kappa shape index (κ2) is 6.44. The number of nitrogens with zero attached hydrogens (tertiary/aromatic N) is 1. The zero-order chi connectivity index (χ0) is 14.6. The Balaban J connectivity index is 1.99. The summed E-state index contributed by atoms with van der Waals surface area (Å²) in [6.07, 6.45) is 4.63. The zero-order valence-electron chi connectivity index (χ0n) is 12.1. The molecule has 4 nitrogen and oxygen atoms in total. The minimum absolute atomic E-state index is 0.0815. The quantitative estimate of drug-likeness (QED) is 0.790. The van der Waals surface area contributed by atoms with Gasteiger partial charge in [0, 0.05) is 18.7 Å². The SMILES string of the molecule is CCCNc1cc(C(=O)NCC2(C)CCC2)cc(Cl)n1. The van der Waals surface area contributed by atoms with E-state index in [1.165, 1.54) is 19.3 Å². The Morgan fingerprint density at radius 1 is 1.45 bits per heavy atom. The van der Waals surface area contributed by atoms with Gasteiger partial charge in [-0.3, -0.25) is 4.79 Å². The first kappa shape index (κ1) is 15.1. The van der Waals surface area contributed by atoms with Gasteiger partial charge in [-0.25, -0.2) is 4.98 Å². The van der Waals surface area contributed by atoms with Gasteiger partial charge in [0.2, 0.25) is 0 Å². The van der Waals surface area contributed by atoms with E-state index < -0.39 is 0 Å². The fourth-order valence-corrected chi connectivity index (χ4v) is 2.53. The maximum Gasteiger partial charge on any atom is 0.251 e. The molecule has 1 saturated carbocycles. The van der Waals surface area contributed by atoms with Crippen LogP contribution in [0.4, 0.5) is 5.82 Å². The summed E-state index contributed by atoms with van der Waals surface area (Å²) >= 11 is 5.97. The van der Waals surface area contributed by atoms with E-state index in [1.54, 1.807) is 12.1 Å². The third-order valence-corrected chi connectivity index (χ3v) is 4.04. The highest BCUT2D eigenvalue weighted by molar-refractivity contribution is 6.29. The first-order chi connectivity index (χ1) is 9.52. The largest absolute Gasteiger partial charge is 0.370 e. The predicted octanol–water partition coefficient (Wildman–Crippen LogP) is 3.48. The Labute approximate surface area is 125 Å². The fourth-order valence-electron chi connectivity index (χ4n) is 2.32. The molecular weight excluding hydrogens is 274 g/mol. The molecule has 1 aliphatic carbocycles. The van der Waals surface area contributed by atoms with Crippen molar-refractivity contribution in [2.45, 2.75) is 39.5 Å². The van der Waals surface area contributed by atoms with Gasteiger partial charge in [-0.2, -0.15) is 0 Å². The molecular formula is C15H22ClN3O. The molecule has 1 heterocycles. The molecule has 0 aliphatic heterocycles. The van der Waals surface area contributed by atoms with Crippen LogP contribution in [-0.2, 0) is 0 Å². The van der Waals surface area contributed by atoms with Crippen molar-refractivity contribution in [2.24, 2.45) is 5.41 Å². The van der Waals surface area contributed by atoms with E-state index in [9.17, 15) is 4.79 Å². The monoisotopic (exact) mass is 295 g/mol. The van der Waals surface area contributed by atoms with Crippen LogP contribution in [0, 0.1) is 5.41 Å². The lowest BCUT2D eigenvalue weighted by Gasteiger charge is -2.38. The molecule has 0 atom stereocenters. The summed E-state index contributed by atoms with van der Waals surface area (Å²) in [7, 11) is 0. The highest BCUT2D eigenvalue weighted by Gasteiger charge is 2.31. The minimum atomic E-state index is -0.0815. The average Bonchev–Trinajstić information content (AvgIpc) is 2.39. The van der Waals surface area contributed by atoms with E-state index in [0.29, 0.717) is 16.5 Å². The molecule has 0 saturated heterocycles. The van der Waals surface area contributed by atoms with Gasteiger partial charge < -0.3 is 10.6 Å². The van der Waals surface area contributed by atoms with Crippen LogP contribution >= 0.6 is 11.6 Å². The summed E-state index contributed by atoms with van der Waals surface area (Å²) in [6, 6.07) is 3.36. The molecule has 1 amide bonds. The smallest absolute Gasteiger partial charge is 0.251 e. The summed E-state index contributed by atoms with van der Waals surface area (Å²) in [6.45, 7) is 5.82. The number of carbonyl (C=O) groups excluding carboxylic acids is 1. The Bertz CT molecular complexity index is 486. The maximum absolute atomic E-state index is 12.2. The zero-order valence-corrected chi connectivity index (χ0v) is 12.9. The van der Waals surface area contributed by atoms with Crippen molar-refractivity contribution in [1.29, 1.82) is 0 Å². The highest BCUT2D eigenvalue weighted by atomic mass is 35.5. The number of pyridine rings is 1. The van der Waals surface area contributed by atoms with Gasteiger partial charge in [-0.1, -0.05) is 31.9 Å². The summed E-state index contributed by atoms with van der Waals surface area (Å²) in [4.78, 5) is 16.3. The molecule has 0 unspecified atom stereocenters. The Hall–Kier alpha value is -1.29. The van der Waals surface area contributed by atoms with Crippen molar-refractivity contribution in [1.82, 2.24) is 10.3 Å². The normalized spacial score (nSPS) is 16.4. The van der Waals surface area contributed by atoms with E-state index in [1.807, 2.05) is 0 Å². The molecule has 1 aromatic heterocycles. The van der Waals surface area contributed by atoms with Crippen molar-refractivity contribution < 1.29 is 4.79 Å². The van der Waals surface area contributed by atoms with Gasteiger partial charge in [-0.15, -0.1) is 0 Å². The van der Waals surface area contributed by atoms with Crippen LogP contribution in [0.1, 0.15) is 49.9 Å². The maximum atomic E-state index is 12.2. The van der Waals surface area contributed by atoms with Crippen LogP contribution in [0.5, 0.6) is 0 Å².